The molecule has 3 nitrogen and oxygen atoms in total. The number of benzene rings is 1. The predicted octanol–water partition coefficient (Wildman–Crippen LogP) is 4.15. The lowest BCUT2D eigenvalue weighted by atomic mass is 10.2. The van der Waals surface area contributed by atoms with E-state index in [1.54, 1.807) is 11.3 Å². The molecular formula is C13H16N2OS2. The number of ether oxygens (including phenoxy) is 1. The van der Waals surface area contributed by atoms with Crippen LogP contribution in [-0.4, -0.2) is 16.4 Å². The molecular weight excluding hydrogens is 264 g/mol. The van der Waals surface area contributed by atoms with Crippen molar-refractivity contribution in [3.05, 3.63) is 28.2 Å². The van der Waals surface area contributed by atoms with Crippen molar-refractivity contribution < 1.29 is 4.74 Å². The number of hydrogen-bond acceptors (Lipinski definition) is 4. The van der Waals surface area contributed by atoms with Crippen LogP contribution in [0, 0.1) is 3.95 Å². The van der Waals surface area contributed by atoms with E-state index >= 15 is 0 Å². The molecule has 0 saturated carbocycles. The number of aryl methyl sites for hydroxylation is 1. The minimum Gasteiger partial charge on any atom is -0.494 e. The average molecular weight is 280 g/mol. The van der Waals surface area contributed by atoms with Crippen molar-refractivity contribution in [3.8, 4) is 16.3 Å². The molecule has 0 unspecified atom stereocenters. The third-order valence-electron chi connectivity index (χ3n) is 2.48. The van der Waals surface area contributed by atoms with E-state index in [-0.39, 0.29) is 0 Å². The van der Waals surface area contributed by atoms with E-state index in [9.17, 15) is 0 Å². The van der Waals surface area contributed by atoms with Gasteiger partial charge in [-0.2, -0.15) is 5.10 Å². The number of rotatable bonds is 5. The van der Waals surface area contributed by atoms with Gasteiger partial charge in [0, 0.05) is 12.1 Å². The Morgan fingerprint density at radius 3 is 2.56 bits per heavy atom. The van der Waals surface area contributed by atoms with Crippen molar-refractivity contribution in [2.75, 3.05) is 6.61 Å². The summed E-state index contributed by atoms with van der Waals surface area (Å²) in [6.07, 6.45) is 1.02. The molecule has 1 aromatic carbocycles. The second kappa shape index (κ2) is 6.11. The molecule has 0 bridgehead atoms. The third-order valence-corrected chi connectivity index (χ3v) is 3.84. The van der Waals surface area contributed by atoms with E-state index in [4.69, 9.17) is 17.0 Å². The van der Waals surface area contributed by atoms with Crippen molar-refractivity contribution in [2.24, 2.45) is 0 Å². The largest absolute Gasteiger partial charge is 0.494 e. The lowest BCUT2D eigenvalue weighted by Crippen LogP contribution is -1.96. The quantitative estimate of drug-likeness (QED) is 0.770. The molecule has 0 N–H and O–H groups in total. The first-order chi connectivity index (χ1) is 8.74. The normalized spacial score (nSPS) is 10.6. The second-order valence-electron chi connectivity index (χ2n) is 3.86. The van der Waals surface area contributed by atoms with Crippen LogP contribution in [0.2, 0.25) is 0 Å². The highest BCUT2D eigenvalue weighted by Gasteiger charge is 2.05. The fraction of sp³-hybridized carbons (Fsp3) is 0.385. The molecule has 2 aromatic rings. The van der Waals surface area contributed by atoms with Crippen molar-refractivity contribution >= 4 is 23.6 Å². The van der Waals surface area contributed by atoms with Gasteiger partial charge < -0.3 is 4.74 Å². The smallest absolute Gasteiger partial charge is 0.179 e. The number of aromatic nitrogens is 2. The summed E-state index contributed by atoms with van der Waals surface area (Å²) in [5, 5.41) is 5.44. The maximum atomic E-state index is 5.55. The van der Waals surface area contributed by atoms with Gasteiger partial charge in [-0.15, -0.1) is 0 Å². The van der Waals surface area contributed by atoms with Gasteiger partial charge in [0.05, 0.1) is 6.61 Å². The van der Waals surface area contributed by atoms with Crippen LogP contribution in [0.1, 0.15) is 20.3 Å². The Kier molecular flexibility index (Phi) is 4.49. The molecule has 0 radical (unpaired) electrons. The molecule has 0 amide bonds. The van der Waals surface area contributed by atoms with Crippen LogP contribution in [0.4, 0.5) is 0 Å². The van der Waals surface area contributed by atoms with E-state index in [0.29, 0.717) is 0 Å². The fourth-order valence-corrected chi connectivity index (χ4v) is 2.78. The number of nitrogens with zero attached hydrogens (tertiary/aromatic N) is 2. The summed E-state index contributed by atoms with van der Waals surface area (Å²) in [5.41, 5.74) is 1.09. The SMILES string of the molecule is CCCOc1ccc(-c2nn(CC)c(=S)s2)cc1. The van der Waals surface area contributed by atoms with E-state index in [2.05, 4.69) is 12.0 Å². The Morgan fingerprint density at radius 2 is 2.00 bits per heavy atom. The van der Waals surface area contributed by atoms with Gasteiger partial charge in [-0.05, 0) is 49.8 Å². The van der Waals surface area contributed by atoms with Gasteiger partial charge in [0.15, 0.2) is 3.95 Å². The maximum absolute atomic E-state index is 5.55. The van der Waals surface area contributed by atoms with Crippen LogP contribution in [0.3, 0.4) is 0 Å². The highest BCUT2D eigenvalue weighted by atomic mass is 32.1. The van der Waals surface area contributed by atoms with Crippen LogP contribution in [-0.2, 0) is 6.54 Å². The molecule has 0 aliphatic carbocycles. The Morgan fingerprint density at radius 1 is 1.28 bits per heavy atom. The molecule has 0 atom stereocenters. The lowest BCUT2D eigenvalue weighted by Gasteiger charge is -2.04. The Hall–Kier alpha value is -1.20. The molecule has 0 spiro atoms. The topological polar surface area (TPSA) is 27.1 Å². The zero-order valence-electron chi connectivity index (χ0n) is 10.5. The number of hydrogen-bond donors (Lipinski definition) is 0. The Balaban J connectivity index is 2.20. The van der Waals surface area contributed by atoms with Gasteiger partial charge in [0.2, 0.25) is 0 Å². The van der Waals surface area contributed by atoms with Crippen molar-refractivity contribution in [1.29, 1.82) is 0 Å². The van der Waals surface area contributed by atoms with Crippen LogP contribution < -0.4 is 4.74 Å². The first-order valence-electron chi connectivity index (χ1n) is 6.05. The fourth-order valence-electron chi connectivity index (χ4n) is 1.54. The summed E-state index contributed by atoms with van der Waals surface area (Å²) in [6, 6.07) is 8.01. The monoisotopic (exact) mass is 280 g/mol. The molecule has 0 aliphatic rings. The summed E-state index contributed by atoms with van der Waals surface area (Å²) in [4.78, 5) is 0. The highest BCUT2D eigenvalue weighted by Crippen LogP contribution is 2.25. The maximum Gasteiger partial charge on any atom is 0.179 e. The van der Waals surface area contributed by atoms with Gasteiger partial charge >= 0.3 is 0 Å². The summed E-state index contributed by atoms with van der Waals surface area (Å²) < 4.78 is 8.22. The van der Waals surface area contributed by atoms with Gasteiger partial charge in [0.25, 0.3) is 0 Å². The van der Waals surface area contributed by atoms with E-state index < -0.39 is 0 Å². The molecule has 0 aliphatic heterocycles. The van der Waals surface area contributed by atoms with Crippen LogP contribution in [0.25, 0.3) is 10.6 Å². The van der Waals surface area contributed by atoms with Crippen molar-refractivity contribution in [2.45, 2.75) is 26.8 Å². The second-order valence-corrected chi connectivity index (χ2v) is 5.48. The van der Waals surface area contributed by atoms with Gasteiger partial charge in [-0.25, -0.2) is 4.68 Å². The zero-order chi connectivity index (χ0) is 13.0. The minimum absolute atomic E-state index is 0.753. The molecule has 1 heterocycles. The molecule has 5 heteroatoms. The molecule has 96 valence electrons. The van der Waals surface area contributed by atoms with Crippen LogP contribution in [0.5, 0.6) is 5.75 Å². The van der Waals surface area contributed by atoms with Gasteiger partial charge in [-0.1, -0.05) is 18.3 Å². The summed E-state index contributed by atoms with van der Waals surface area (Å²) in [6.45, 7) is 5.70. The zero-order valence-corrected chi connectivity index (χ0v) is 12.2. The average Bonchev–Trinajstić information content (AvgIpc) is 2.78. The molecule has 0 fully saturated rings. The highest BCUT2D eigenvalue weighted by molar-refractivity contribution is 7.73. The van der Waals surface area contributed by atoms with E-state index in [1.165, 1.54) is 0 Å². The van der Waals surface area contributed by atoms with Crippen LogP contribution >= 0.6 is 23.6 Å². The van der Waals surface area contributed by atoms with E-state index in [0.717, 1.165) is 39.8 Å². The Bertz CT molecular complexity index is 557. The summed E-state index contributed by atoms with van der Waals surface area (Å²) in [7, 11) is 0. The van der Waals surface area contributed by atoms with Crippen LogP contribution in [0.15, 0.2) is 24.3 Å². The lowest BCUT2D eigenvalue weighted by molar-refractivity contribution is 0.317. The standard InChI is InChI=1S/C13H16N2OS2/c1-3-9-16-11-7-5-10(6-8-11)12-14-15(4-2)13(17)18-12/h5-8H,3-4,9H2,1-2H3. The van der Waals surface area contributed by atoms with Crippen molar-refractivity contribution in [3.63, 3.8) is 0 Å². The van der Waals surface area contributed by atoms with Gasteiger partial charge in [-0.3, -0.25) is 0 Å². The minimum atomic E-state index is 0.753. The first-order valence-corrected chi connectivity index (χ1v) is 7.28. The summed E-state index contributed by atoms with van der Waals surface area (Å²) in [5.74, 6) is 0.902. The van der Waals surface area contributed by atoms with Crippen molar-refractivity contribution in [1.82, 2.24) is 9.78 Å². The molecule has 2 rings (SSSR count). The predicted molar refractivity (Wildman–Crippen MR) is 77.8 cm³/mol. The Labute approximate surface area is 116 Å². The molecule has 0 saturated heterocycles. The van der Waals surface area contributed by atoms with E-state index in [1.807, 2.05) is 35.9 Å². The first kappa shape index (κ1) is 13.2. The molecule has 18 heavy (non-hydrogen) atoms. The van der Waals surface area contributed by atoms with Gasteiger partial charge in [0.1, 0.15) is 10.8 Å². The third kappa shape index (κ3) is 2.97. The summed E-state index contributed by atoms with van der Waals surface area (Å²) >= 11 is 6.79. The molecule has 1 aromatic heterocycles.